The lowest BCUT2D eigenvalue weighted by Gasteiger charge is -2.24. The van der Waals surface area contributed by atoms with E-state index in [9.17, 15) is 14.9 Å². The van der Waals surface area contributed by atoms with Gasteiger partial charge in [0.25, 0.3) is 0 Å². The topological polar surface area (TPSA) is 86.9 Å². The van der Waals surface area contributed by atoms with E-state index in [0.717, 1.165) is 16.1 Å². The molecule has 164 valence electrons. The molecule has 2 amide bonds. The van der Waals surface area contributed by atoms with Gasteiger partial charge in [-0.15, -0.1) is 0 Å². The zero-order valence-electron chi connectivity index (χ0n) is 17.8. The lowest BCUT2D eigenvalue weighted by Crippen LogP contribution is -3.20. The second kappa shape index (κ2) is 10.0. The van der Waals surface area contributed by atoms with Crippen LogP contribution in [0.2, 0.25) is 0 Å². The lowest BCUT2D eigenvalue weighted by atomic mass is 10.1. The molecule has 2 aromatic rings. The summed E-state index contributed by atoms with van der Waals surface area (Å²) in [6.07, 6.45) is 0.519. The third kappa shape index (κ3) is 4.86. The van der Waals surface area contributed by atoms with Gasteiger partial charge in [0.2, 0.25) is 5.91 Å². The minimum Gasteiger partial charge on any atom is -0.370 e. The number of nitrogens with zero attached hydrogens (tertiary/aromatic N) is 2. The summed E-state index contributed by atoms with van der Waals surface area (Å²) in [6, 6.07) is 19.3. The van der Waals surface area contributed by atoms with Crippen LogP contribution in [0.1, 0.15) is 11.1 Å². The first-order valence-corrected chi connectivity index (χ1v) is 11.4. The quantitative estimate of drug-likeness (QED) is 0.532. The highest BCUT2D eigenvalue weighted by atomic mass is 32.2. The molecule has 1 atom stereocenters. The van der Waals surface area contributed by atoms with Crippen molar-refractivity contribution in [3.05, 3.63) is 76.3 Å². The summed E-state index contributed by atoms with van der Waals surface area (Å²) in [6.45, 7) is 4.38. The van der Waals surface area contributed by atoms with Gasteiger partial charge in [0.05, 0.1) is 18.5 Å². The van der Waals surface area contributed by atoms with E-state index in [2.05, 4.69) is 11.5 Å². The highest BCUT2D eigenvalue weighted by Crippen LogP contribution is 2.41. The van der Waals surface area contributed by atoms with Crippen molar-refractivity contribution in [2.75, 3.05) is 31.2 Å². The summed E-state index contributed by atoms with van der Waals surface area (Å²) in [4.78, 5) is 28.0. The molecule has 2 saturated heterocycles. The maximum Gasteiger partial charge on any atom is 0.309 e. The van der Waals surface area contributed by atoms with Crippen molar-refractivity contribution >= 4 is 29.3 Å². The maximum absolute atomic E-state index is 13.4. The van der Waals surface area contributed by atoms with Gasteiger partial charge in [-0.05, 0) is 31.0 Å². The van der Waals surface area contributed by atoms with E-state index < -0.39 is 11.2 Å². The lowest BCUT2D eigenvalue weighted by molar-refractivity contribution is -0.943. The van der Waals surface area contributed by atoms with Gasteiger partial charge in [-0.2, -0.15) is 10.7 Å². The molecule has 0 spiro atoms. The summed E-state index contributed by atoms with van der Waals surface area (Å²) >= 11 is 1.28. The molecule has 0 bridgehead atoms. The molecular weight excluding hydrogens is 424 g/mol. The normalized spacial score (nSPS) is 20.7. The van der Waals surface area contributed by atoms with Crippen LogP contribution < -0.4 is 15.3 Å². The number of rotatable bonds is 5. The molecule has 2 N–H and O–H groups in total. The van der Waals surface area contributed by atoms with E-state index in [4.69, 9.17) is 4.74 Å². The Bertz CT molecular complexity index is 1060. The van der Waals surface area contributed by atoms with Crippen molar-refractivity contribution < 1.29 is 19.3 Å². The number of anilines is 1. The third-order valence-electron chi connectivity index (χ3n) is 5.45. The molecule has 1 unspecified atom stereocenters. The van der Waals surface area contributed by atoms with Crippen LogP contribution >= 0.6 is 11.8 Å². The molecule has 32 heavy (non-hydrogen) atoms. The Morgan fingerprint density at radius 3 is 2.53 bits per heavy atom. The van der Waals surface area contributed by atoms with E-state index in [0.29, 0.717) is 43.4 Å². The van der Waals surface area contributed by atoms with Crippen molar-refractivity contribution in [3.63, 3.8) is 0 Å². The average Bonchev–Trinajstić information content (AvgIpc) is 3.12. The van der Waals surface area contributed by atoms with Gasteiger partial charge in [-0.25, -0.2) is 5.01 Å². The summed E-state index contributed by atoms with van der Waals surface area (Å²) in [5.74, 6) is -0.604. The van der Waals surface area contributed by atoms with Gasteiger partial charge in [-0.3, -0.25) is 14.5 Å². The Kier molecular flexibility index (Phi) is 6.90. The number of carbonyl (C=O) groups excluding carboxylic acids is 2. The number of hydrogen-bond acceptors (Lipinski definition) is 5. The van der Waals surface area contributed by atoms with Gasteiger partial charge >= 0.3 is 5.91 Å². The zero-order valence-corrected chi connectivity index (χ0v) is 18.7. The second-order valence-electron chi connectivity index (χ2n) is 7.77. The number of nitriles is 1. The molecule has 0 aromatic heterocycles. The number of amides is 2. The van der Waals surface area contributed by atoms with Gasteiger partial charge in [0, 0.05) is 5.69 Å². The molecule has 4 rings (SSSR count). The van der Waals surface area contributed by atoms with Crippen LogP contribution in [0.4, 0.5) is 5.69 Å². The fourth-order valence-corrected chi connectivity index (χ4v) is 5.01. The number of benzene rings is 2. The van der Waals surface area contributed by atoms with Crippen LogP contribution in [0, 0.1) is 18.3 Å². The Labute approximate surface area is 191 Å². The van der Waals surface area contributed by atoms with Crippen molar-refractivity contribution in [1.82, 2.24) is 5.43 Å². The smallest absolute Gasteiger partial charge is 0.309 e. The van der Waals surface area contributed by atoms with Crippen LogP contribution in [-0.2, 0) is 20.7 Å². The molecule has 2 aliphatic heterocycles. The second-order valence-corrected chi connectivity index (χ2v) is 8.96. The molecular formula is C24H25N4O3S+. The predicted octanol–water partition coefficient (Wildman–Crippen LogP) is 1.37. The van der Waals surface area contributed by atoms with Crippen LogP contribution in [0.5, 0.6) is 0 Å². The van der Waals surface area contributed by atoms with E-state index in [1.165, 1.54) is 16.7 Å². The monoisotopic (exact) mass is 449 g/mol. The summed E-state index contributed by atoms with van der Waals surface area (Å²) < 4.78 is 5.33. The first-order chi connectivity index (χ1) is 15.6. The Morgan fingerprint density at radius 1 is 1.19 bits per heavy atom. The minimum absolute atomic E-state index is 0.0439. The van der Waals surface area contributed by atoms with Crippen LogP contribution in [-0.4, -0.2) is 43.4 Å². The summed E-state index contributed by atoms with van der Waals surface area (Å²) in [7, 11) is 0. The standard InChI is InChI=1S/C24H24N4O3S/c1-17-7-9-18(10-8-17)15-21-23(30)28(19-5-3-2-4-6-19)24(32-21)20(16-25)22(29)26-27-11-13-31-14-12-27/h2-10,21H,11-15H2,1H3,(H,26,29)/p+1/b24-20+. The van der Waals surface area contributed by atoms with E-state index >= 15 is 0 Å². The number of nitrogens with one attached hydrogen (secondary N) is 2. The molecule has 2 fully saturated rings. The largest absolute Gasteiger partial charge is 0.370 e. The molecule has 2 aliphatic rings. The van der Waals surface area contributed by atoms with Crippen molar-refractivity contribution in [2.24, 2.45) is 0 Å². The van der Waals surface area contributed by atoms with Crippen molar-refractivity contribution in [2.45, 2.75) is 18.6 Å². The first kappa shape index (κ1) is 22.1. The van der Waals surface area contributed by atoms with Crippen LogP contribution in [0.15, 0.2) is 65.2 Å². The van der Waals surface area contributed by atoms with Crippen molar-refractivity contribution in [3.8, 4) is 6.07 Å². The van der Waals surface area contributed by atoms with Crippen LogP contribution in [0.3, 0.4) is 0 Å². The van der Waals surface area contributed by atoms with Crippen molar-refractivity contribution in [1.29, 1.82) is 5.26 Å². The Hall–Kier alpha value is -3.12. The fraction of sp³-hybridized carbons (Fsp3) is 0.292. The highest BCUT2D eigenvalue weighted by Gasteiger charge is 2.41. The van der Waals surface area contributed by atoms with Gasteiger partial charge in [0.1, 0.15) is 24.2 Å². The molecule has 2 heterocycles. The van der Waals surface area contributed by atoms with Gasteiger partial charge in [0.15, 0.2) is 5.57 Å². The molecule has 0 aliphatic carbocycles. The maximum atomic E-state index is 13.4. The average molecular weight is 450 g/mol. The number of quaternary nitrogens is 1. The molecule has 2 aromatic carbocycles. The fourth-order valence-electron chi connectivity index (χ4n) is 3.70. The minimum atomic E-state index is -0.475. The first-order valence-electron chi connectivity index (χ1n) is 10.6. The number of hydrogen-bond donors (Lipinski definition) is 2. The number of carbonyl (C=O) groups is 2. The number of aryl methyl sites for hydroxylation is 1. The van der Waals surface area contributed by atoms with Gasteiger partial charge in [-0.1, -0.05) is 59.8 Å². The number of morpholine rings is 1. The number of thioether (sulfide) groups is 1. The Morgan fingerprint density at radius 2 is 1.88 bits per heavy atom. The van der Waals surface area contributed by atoms with Gasteiger partial charge < -0.3 is 4.74 Å². The molecule has 0 radical (unpaired) electrons. The molecule has 0 saturated carbocycles. The zero-order chi connectivity index (χ0) is 22.5. The van der Waals surface area contributed by atoms with Crippen LogP contribution in [0.25, 0.3) is 0 Å². The van der Waals surface area contributed by atoms with E-state index in [-0.39, 0.29) is 11.5 Å². The summed E-state index contributed by atoms with van der Waals surface area (Å²) in [5, 5.41) is 10.7. The van der Waals surface area contributed by atoms with E-state index in [1.54, 1.807) is 0 Å². The van der Waals surface area contributed by atoms with E-state index in [1.807, 2.05) is 61.5 Å². The predicted molar refractivity (Wildman–Crippen MR) is 122 cm³/mol. The Balaban J connectivity index is 1.66. The SMILES string of the molecule is Cc1ccc(CC2S/C(=C(\C#N)C(=O)N[NH+]3CCOCC3)N(c3ccccc3)C2=O)cc1. The summed E-state index contributed by atoms with van der Waals surface area (Å²) in [5.41, 5.74) is 5.66. The highest BCUT2D eigenvalue weighted by molar-refractivity contribution is 8.05. The molecule has 8 heteroatoms. The third-order valence-corrected chi connectivity index (χ3v) is 6.71. The number of para-hydroxylation sites is 1. The number of ether oxygens (including phenoxy) is 1. The molecule has 7 nitrogen and oxygen atoms in total.